The van der Waals surface area contributed by atoms with E-state index in [1.807, 2.05) is 6.07 Å². The maximum Gasteiger partial charge on any atom is 0.115 e. The minimum Gasteiger partial charge on any atom is -0.508 e. The van der Waals surface area contributed by atoms with Gasteiger partial charge in [-0.2, -0.15) is 0 Å². The zero-order chi connectivity index (χ0) is 13.0. The lowest BCUT2D eigenvalue weighted by Gasteiger charge is -2.14. The number of phenols is 1. The van der Waals surface area contributed by atoms with Gasteiger partial charge in [0.15, 0.2) is 0 Å². The normalized spacial score (nSPS) is 18.3. The van der Waals surface area contributed by atoms with Crippen molar-refractivity contribution in [3.05, 3.63) is 29.3 Å². The van der Waals surface area contributed by atoms with Crippen LogP contribution in [-0.2, 0) is 6.42 Å². The molecule has 2 N–H and O–H groups in total. The van der Waals surface area contributed by atoms with Crippen LogP contribution < -0.4 is 5.32 Å². The third-order valence-electron chi connectivity index (χ3n) is 3.80. The Kier molecular flexibility index (Phi) is 4.65. The first-order chi connectivity index (χ1) is 8.66. The maximum absolute atomic E-state index is 9.46. The van der Waals surface area contributed by atoms with Gasteiger partial charge in [0.1, 0.15) is 5.75 Å². The molecule has 18 heavy (non-hydrogen) atoms. The van der Waals surface area contributed by atoms with Gasteiger partial charge in [0.25, 0.3) is 0 Å². The Labute approximate surface area is 110 Å². The van der Waals surface area contributed by atoms with Crippen LogP contribution in [-0.4, -0.2) is 11.7 Å². The Hall–Kier alpha value is -1.02. The summed E-state index contributed by atoms with van der Waals surface area (Å²) in [5.74, 6) is 1.21. The van der Waals surface area contributed by atoms with E-state index in [9.17, 15) is 5.11 Å². The number of phenolic OH excluding ortho intramolecular Hbond substituents is 1. The summed E-state index contributed by atoms with van der Waals surface area (Å²) < 4.78 is 0. The fraction of sp³-hybridized carbons (Fsp3) is 0.625. The molecule has 2 rings (SSSR count). The van der Waals surface area contributed by atoms with Crippen molar-refractivity contribution in [2.75, 3.05) is 6.54 Å². The number of benzene rings is 1. The van der Waals surface area contributed by atoms with E-state index in [1.165, 1.54) is 36.8 Å². The highest BCUT2D eigenvalue weighted by atomic mass is 16.3. The first-order valence-corrected chi connectivity index (χ1v) is 7.22. The molecule has 0 aliphatic heterocycles. The Morgan fingerprint density at radius 3 is 2.94 bits per heavy atom. The van der Waals surface area contributed by atoms with Crippen molar-refractivity contribution in [2.45, 2.75) is 52.0 Å². The average molecular weight is 247 g/mol. The summed E-state index contributed by atoms with van der Waals surface area (Å²) in [6.45, 7) is 5.68. The molecule has 1 aromatic carbocycles. The van der Waals surface area contributed by atoms with Gasteiger partial charge >= 0.3 is 0 Å². The summed E-state index contributed by atoms with van der Waals surface area (Å²) in [4.78, 5) is 0. The van der Waals surface area contributed by atoms with Crippen molar-refractivity contribution in [3.63, 3.8) is 0 Å². The molecular weight excluding hydrogens is 222 g/mol. The second-order valence-corrected chi connectivity index (χ2v) is 5.82. The van der Waals surface area contributed by atoms with Crippen molar-refractivity contribution < 1.29 is 5.11 Å². The second-order valence-electron chi connectivity index (χ2n) is 5.82. The van der Waals surface area contributed by atoms with Gasteiger partial charge in [-0.3, -0.25) is 0 Å². The van der Waals surface area contributed by atoms with Crippen LogP contribution in [0.15, 0.2) is 18.2 Å². The number of nitrogens with one attached hydrogen (secondary N) is 1. The predicted molar refractivity (Wildman–Crippen MR) is 75.9 cm³/mol. The Balaban J connectivity index is 1.76. The molecule has 0 bridgehead atoms. The largest absolute Gasteiger partial charge is 0.508 e. The van der Waals surface area contributed by atoms with E-state index in [0.29, 0.717) is 11.8 Å². The number of fused-ring (bicyclic) bond motifs is 1. The average Bonchev–Trinajstić information content (AvgIpc) is 2.70. The standard InChI is InChI=1S/C16H25NO/c1-12(2)5-3-4-10-17-16-9-6-13-11-14(18)7-8-15(13)16/h7-8,11-12,16-18H,3-6,9-10H2,1-2H3. The van der Waals surface area contributed by atoms with Gasteiger partial charge < -0.3 is 10.4 Å². The number of aryl methyl sites for hydroxylation is 1. The molecule has 0 spiro atoms. The lowest BCUT2D eigenvalue weighted by atomic mass is 10.1. The molecule has 0 radical (unpaired) electrons. The highest BCUT2D eigenvalue weighted by molar-refractivity contribution is 5.39. The molecule has 0 saturated carbocycles. The van der Waals surface area contributed by atoms with Crippen LogP contribution in [0.3, 0.4) is 0 Å². The summed E-state index contributed by atoms with van der Waals surface area (Å²) in [5, 5.41) is 13.1. The molecule has 0 heterocycles. The lowest BCUT2D eigenvalue weighted by Crippen LogP contribution is -2.20. The van der Waals surface area contributed by atoms with Crippen LogP contribution in [0.25, 0.3) is 0 Å². The third kappa shape index (κ3) is 3.49. The SMILES string of the molecule is CC(C)CCCCNC1CCc2cc(O)ccc21. The van der Waals surface area contributed by atoms with Crippen LogP contribution in [0.5, 0.6) is 5.75 Å². The molecule has 0 saturated heterocycles. The fourth-order valence-corrected chi connectivity index (χ4v) is 2.77. The number of hydrogen-bond donors (Lipinski definition) is 2. The van der Waals surface area contributed by atoms with Gasteiger partial charge in [-0.15, -0.1) is 0 Å². The monoisotopic (exact) mass is 247 g/mol. The Bertz CT molecular complexity index is 387. The van der Waals surface area contributed by atoms with Crippen molar-refractivity contribution in [1.82, 2.24) is 5.32 Å². The molecule has 0 amide bonds. The minimum atomic E-state index is 0.395. The van der Waals surface area contributed by atoms with Gasteiger partial charge in [0.05, 0.1) is 0 Å². The van der Waals surface area contributed by atoms with Crippen molar-refractivity contribution in [3.8, 4) is 5.75 Å². The molecule has 1 unspecified atom stereocenters. The van der Waals surface area contributed by atoms with Gasteiger partial charge in [-0.05, 0) is 55.0 Å². The highest BCUT2D eigenvalue weighted by Gasteiger charge is 2.21. The molecule has 1 aliphatic rings. The molecule has 1 aliphatic carbocycles. The quantitative estimate of drug-likeness (QED) is 0.749. The second kappa shape index (κ2) is 6.24. The van der Waals surface area contributed by atoms with E-state index in [-0.39, 0.29) is 0 Å². The molecule has 0 fully saturated rings. The highest BCUT2D eigenvalue weighted by Crippen LogP contribution is 2.33. The topological polar surface area (TPSA) is 32.3 Å². The van der Waals surface area contributed by atoms with Crippen LogP contribution >= 0.6 is 0 Å². The molecule has 2 heteroatoms. The summed E-state index contributed by atoms with van der Waals surface area (Å²) >= 11 is 0. The van der Waals surface area contributed by atoms with Crippen LogP contribution in [0.1, 0.15) is 56.7 Å². The van der Waals surface area contributed by atoms with E-state index >= 15 is 0 Å². The third-order valence-corrected chi connectivity index (χ3v) is 3.80. The summed E-state index contributed by atoms with van der Waals surface area (Å²) in [6, 6.07) is 6.29. The van der Waals surface area contributed by atoms with E-state index in [2.05, 4.69) is 25.2 Å². The molecule has 1 aromatic rings. The number of unbranched alkanes of at least 4 members (excludes halogenated alkanes) is 1. The number of aromatic hydroxyl groups is 1. The van der Waals surface area contributed by atoms with Crippen LogP contribution in [0.2, 0.25) is 0 Å². The van der Waals surface area contributed by atoms with Gasteiger partial charge in [-0.1, -0.05) is 32.8 Å². The van der Waals surface area contributed by atoms with Gasteiger partial charge in [-0.25, -0.2) is 0 Å². The van der Waals surface area contributed by atoms with E-state index in [1.54, 1.807) is 6.07 Å². The zero-order valence-electron chi connectivity index (χ0n) is 11.6. The van der Waals surface area contributed by atoms with Crippen molar-refractivity contribution in [2.24, 2.45) is 5.92 Å². The molecular formula is C16H25NO. The van der Waals surface area contributed by atoms with Crippen molar-refractivity contribution >= 4 is 0 Å². The Morgan fingerprint density at radius 1 is 1.33 bits per heavy atom. The fourth-order valence-electron chi connectivity index (χ4n) is 2.77. The summed E-state index contributed by atoms with van der Waals surface area (Å²) in [7, 11) is 0. The Morgan fingerprint density at radius 2 is 2.17 bits per heavy atom. The lowest BCUT2D eigenvalue weighted by molar-refractivity contribution is 0.474. The molecule has 100 valence electrons. The first kappa shape index (κ1) is 13.4. The first-order valence-electron chi connectivity index (χ1n) is 7.22. The van der Waals surface area contributed by atoms with E-state index < -0.39 is 0 Å². The van der Waals surface area contributed by atoms with Gasteiger partial charge in [0, 0.05) is 6.04 Å². The maximum atomic E-state index is 9.46. The van der Waals surface area contributed by atoms with E-state index in [0.717, 1.165) is 18.9 Å². The van der Waals surface area contributed by atoms with Crippen molar-refractivity contribution in [1.29, 1.82) is 0 Å². The number of hydrogen-bond acceptors (Lipinski definition) is 2. The molecule has 1 atom stereocenters. The van der Waals surface area contributed by atoms with Gasteiger partial charge in [0.2, 0.25) is 0 Å². The van der Waals surface area contributed by atoms with Crippen LogP contribution in [0, 0.1) is 5.92 Å². The summed E-state index contributed by atoms with van der Waals surface area (Å²) in [5.41, 5.74) is 2.70. The zero-order valence-corrected chi connectivity index (χ0v) is 11.6. The minimum absolute atomic E-state index is 0.395. The van der Waals surface area contributed by atoms with E-state index in [4.69, 9.17) is 0 Å². The summed E-state index contributed by atoms with van der Waals surface area (Å²) in [6.07, 6.45) is 6.18. The smallest absolute Gasteiger partial charge is 0.115 e. The molecule has 2 nitrogen and oxygen atoms in total. The number of rotatable bonds is 6. The van der Waals surface area contributed by atoms with Crippen LogP contribution in [0.4, 0.5) is 0 Å². The molecule has 0 aromatic heterocycles. The predicted octanol–water partition coefficient (Wildman–Crippen LogP) is 3.80.